The monoisotopic (exact) mass is 252 g/mol. The molecule has 0 aromatic rings. The number of esters is 1. The zero-order valence-corrected chi connectivity index (χ0v) is 9.13. The highest BCUT2D eigenvalue weighted by atomic mass is 16.6. The molecule has 0 radical (unpaired) electrons. The van der Waals surface area contributed by atoms with E-state index in [1.807, 2.05) is 0 Å². The molecule has 5 N–H and O–H groups in total. The summed E-state index contributed by atoms with van der Waals surface area (Å²) in [5.74, 6) is -1.16. The fraction of sp³-hybridized carbons (Fsp3) is 0.778. The Hall–Kier alpha value is -1.06. The van der Waals surface area contributed by atoms with Crippen LogP contribution in [0.25, 0.3) is 0 Å². The van der Waals surface area contributed by atoms with Crippen LogP contribution >= 0.6 is 0 Å². The minimum Gasteiger partial charge on any atom is -0.450 e. The van der Waals surface area contributed by atoms with Crippen molar-refractivity contribution >= 4 is 12.3 Å². The summed E-state index contributed by atoms with van der Waals surface area (Å²) in [7, 11) is 0. The van der Waals surface area contributed by atoms with Crippen molar-refractivity contribution in [3.8, 4) is 0 Å². The second-order valence-electron chi connectivity index (χ2n) is 3.44. The van der Waals surface area contributed by atoms with Crippen molar-refractivity contribution in [2.45, 2.75) is 37.4 Å². The molecule has 8 heteroatoms. The van der Waals surface area contributed by atoms with Gasteiger partial charge in [0.1, 0.15) is 24.4 Å². The number of aldehydes is 1. The van der Waals surface area contributed by atoms with Gasteiger partial charge in [-0.25, -0.2) is 4.79 Å². The Kier molecular flexibility index (Phi) is 6.85. The van der Waals surface area contributed by atoms with Crippen molar-refractivity contribution in [1.29, 1.82) is 0 Å². The first-order chi connectivity index (χ1) is 7.84. The maximum atomic E-state index is 10.9. The number of rotatable bonds is 7. The zero-order chi connectivity index (χ0) is 13.6. The maximum absolute atomic E-state index is 10.9. The highest BCUT2D eigenvalue weighted by Gasteiger charge is 2.34. The van der Waals surface area contributed by atoms with Gasteiger partial charge in [0.25, 0.3) is 0 Å². The van der Waals surface area contributed by atoms with E-state index >= 15 is 0 Å². The second kappa shape index (κ2) is 7.30. The first kappa shape index (κ1) is 15.9. The van der Waals surface area contributed by atoms with E-state index in [4.69, 9.17) is 15.3 Å². The van der Waals surface area contributed by atoms with Crippen LogP contribution in [0.5, 0.6) is 0 Å². The molecule has 0 rings (SSSR count). The fourth-order valence-corrected chi connectivity index (χ4v) is 0.941. The molecule has 0 aliphatic rings. The van der Waals surface area contributed by atoms with Gasteiger partial charge in [-0.05, 0) is 6.92 Å². The summed E-state index contributed by atoms with van der Waals surface area (Å²) >= 11 is 0. The minimum atomic E-state index is -1.91. The van der Waals surface area contributed by atoms with Crippen molar-refractivity contribution in [2.75, 3.05) is 6.61 Å². The third-order valence-electron chi connectivity index (χ3n) is 2.00. The molecule has 0 heterocycles. The van der Waals surface area contributed by atoms with E-state index in [-0.39, 0.29) is 6.29 Å². The Morgan fingerprint density at radius 3 is 2.12 bits per heavy atom. The molecule has 8 nitrogen and oxygen atoms in total. The van der Waals surface area contributed by atoms with E-state index in [1.165, 1.54) is 0 Å². The van der Waals surface area contributed by atoms with Gasteiger partial charge < -0.3 is 30.3 Å². The van der Waals surface area contributed by atoms with Crippen LogP contribution in [-0.4, -0.2) is 74.9 Å². The van der Waals surface area contributed by atoms with Crippen molar-refractivity contribution in [3.05, 3.63) is 0 Å². The Bertz CT molecular complexity index is 253. The van der Waals surface area contributed by atoms with Crippen LogP contribution in [0.4, 0.5) is 0 Å². The Morgan fingerprint density at radius 1 is 1.24 bits per heavy atom. The standard InChI is InChI=1S/C9H16O8/c1-4(12)9(16)17-6(3-11)8(15)7(14)5(13)2-10/h3-8,10,12-15H,2H2,1H3/t4?,5-,6+,7-,8-/m1/s1. The van der Waals surface area contributed by atoms with Gasteiger partial charge in [0, 0.05) is 0 Å². The molecule has 5 atom stereocenters. The first-order valence-electron chi connectivity index (χ1n) is 4.84. The van der Waals surface area contributed by atoms with E-state index in [9.17, 15) is 19.8 Å². The molecule has 0 fully saturated rings. The van der Waals surface area contributed by atoms with Crippen LogP contribution in [-0.2, 0) is 14.3 Å². The van der Waals surface area contributed by atoms with Crippen LogP contribution in [0.2, 0.25) is 0 Å². The molecule has 0 bridgehead atoms. The number of hydrogen-bond donors (Lipinski definition) is 5. The van der Waals surface area contributed by atoms with Crippen LogP contribution in [0.1, 0.15) is 6.92 Å². The van der Waals surface area contributed by atoms with Crippen LogP contribution in [0.15, 0.2) is 0 Å². The lowest BCUT2D eigenvalue weighted by atomic mass is 10.0. The second-order valence-corrected chi connectivity index (χ2v) is 3.44. The summed E-state index contributed by atoms with van der Waals surface area (Å²) in [5, 5.41) is 45.0. The lowest BCUT2D eigenvalue weighted by Crippen LogP contribution is -2.48. The van der Waals surface area contributed by atoms with Gasteiger partial charge in [0.15, 0.2) is 12.4 Å². The van der Waals surface area contributed by atoms with E-state index in [2.05, 4.69) is 4.74 Å². The predicted octanol–water partition coefficient (Wildman–Crippen LogP) is -3.45. The number of aliphatic hydroxyl groups is 5. The molecule has 0 aliphatic carbocycles. The molecular formula is C9H16O8. The van der Waals surface area contributed by atoms with Gasteiger partial charge in [0.05, 0.1) is 6.61 Å². The van der Waals surface area contributed by atoms with Crippen molar-refractivity contribution < 1.29 is 39.9 Å². The van der Waals surface area contributed by atoms with Gasteiger partial charge in [-0.3, -0.25) is 4.79 Å². The lowest BCUT2D eigenvalue weighted by Gasteiger charge is -2.25. The quantitative estimate of drug-likeness (QED) is 0.232. The van der Waals surface area contributed by atoms with E-state index in [1.54, 1.807) is 0 Å². The third kappa shape index (κ3) is 4.75. The van der Waals surface area contributed by atoms with Crippen molar-refractivity contribution in [3.63, 3.8) is 0 Å². The summed E-state index contributed by atoms with van der Waals surface area (Å²) < 4.78 is 4.38. The van der Waals surface area contributed by atoms with Gasteiger partial charge in [-0.1, -0.05) is 0 Å². The molecule has 17 heavy (non-hydrogen) atoms. The van der Waals surface area contributed by atoms with Crippen LogP contribution < -0.4 is 0 Å². The topological polar surface area (TPSA) is 145 Å². The summed E-state index contributed by atoms with van der Waals surface area (Å²) in [6.07, 6.45) is -8.65. The number of ether oxygens (including phenoxy) is 1. The normalized spacial score (nSPS) is 19.9. The molecular weight excluding hydrogens is 236 g/mol. The Morgan fingerprint density at radius 2 is 1.76 bits per heavy atom. The average Bonchev–Trinajstić information content (AvgIpc) is 2.32. The molecule has 0 spiro atoms. The number of carbonyl (C=O) groups is 2. The van der Waals surface area contributed by atoms with Gasteiger partial charge in [-0.2, -0.15) is 0 Å². The van der Waals surface area contributed by atoms with E-state index < -0.39 is 43.1 Å². The number of hydrogen-bond acceptors (Lipinski definition) is 8. The molecule has 100 valence electrons. The predicted molar refractivity (Wildman–Crippen MR) is 52.7 cm³/mol. The van der Waals surface area contributed by atoms with Gasteiger partial charge in [0.2, 0.25) is 0 Å². The number of aliphatic hydroxyl groups excluding tert-OH is 5. The van der Waals surface area contributed by atoms with Crippen molar-refractivity contribution in [1.82, 2.24) is 0 Å². The lowest BCUT2D eigenvalue weighted by molar-refractivity contribution is -0.174. The van der Waals surface area contributed by atoms with E-state index in [0.29, 0.717) is 0 Å². The molecule has 0 aromatic heterocycles. The summed E-state index contributed by atoms with van der Waals surface area (Å²) in [6, 6.07) is 0. The molecule has 0 saturated carbocycles. The average molecular weight is 252 g/mol. The SMILES string of the molecule is CC(O)C(=O)O[C@@H](C=O)[C@@H](O)[C@H](O)[C@H](O)CO. The minimum absolute atomic E-state index is 0.0399. The van der Waals surface area contributed by atoms with Gasteiger partial charge in [-0.15, -0.1) is 0 Å². The molecule has 0 amide bonds. The third-order valence-corrected chi connectivity index (χ3v) is 2.00. The van der Waals surface area contributed by atoms with E-state index in [0.717, 1.165) is 6.92 Å². The van der Waals surface area contributed by atoms with Crippen molar-refractivity contribution in [2.24, 2.45) is 0 Å². The molecule has 0 aliphatic heterocycles. The summed E-state index contributed by atoms with van der Waals surface area (Å²) in [4.78, 5) is 21.5. The Balaban J connectivity index is 4.55. The molecule has 1 unspecified atom stereocenters. The number of carbonyl (C=O) groups excluding carboxylic acids is 2. The van der Waals surface area contributed by atoms with Crippen LogP contribution in [0.3, 0.4) is 0 Å². The summed E-state index contributed by atoms with van der Waals surface area (Å²) in [5.41, 5.74) is 0. The molecule has 0 saturated heterocycles. The fourth-order valence-electron chi connectivity index (χ4n) is 0.941. The highest BCUT2D eigenvalue weighted by molar-refractivity contribution is 5.76. The largest absolute Gasteiger partial charge is 0.450 e. The summed E-state index contributed by atoms with van der Waals surface area (Å²) in [6.45, 7) is 0.254. The first-order valence-corrected chi connectivity index (χ1v) is 4.84. The van der Waals surface area contributed by atoms with Gasteiger partial charge >= 0.3 is 5.97 Å². The zero-order valence-electron chi connectivity index (χ0n) is 9.13. The Labute approximate surface area is 97.1 Å². The maximum Gasteiger partial charge on any atom is 0.335 e. The molecule has 0 aromatic carbocycles. The highest BCUT2D eigenvalue weighted by Crippen LogP contribution is 2.08. The smallest absolute Gasteiger partial charge is 0.335 e. The van der Waals surface area contributed by atoms with Crippen LogP contribution in [0, 0.1) is 0 Å².